The molecule has 138 valence electrons. The molecule has 6 nitrogen and oxygen atoms in total. The van der Waals surface area contributed by atoms with Gasteiger partial charge in [0.15, 0.2) is 0 Å². The zero-order valence-electron chi connectivity index (χ0n) is 14.5. The van der Waals surface area contributed by atoms with Gasteiger partial charge in [-0.2, -0.15) is 0 Å². The van der Waals surface area contributed by atoms with E-state index in [4.69, 9.17) is 0 Å². The largest absolute Gasteiger partial charge is 0.340 e. The Labute approximate surface area is 155 Å². The maximum Gasteiger partial charge on any atom is 0.253 e. The van der Waals surface area contributed by atoms with E-state index in [1.54, 1.807) is 0 Å². The molecule has 3 rings (SSSR count). The molecule has 2 fully saturated rings. The van der Waals surface area contributed by atoms with Crippen LogP contribution in [0.5, 0.6) is 0 Å². The molecule has 0 aliphatic carbocycles. The third kappa shape index (κ3) is 5.42. The average molecular weight is 367 g/mol. The van der Waals surface area contributed by atoms with Crippen LogP contribution in [0.3, 0.4) is 0 Å². The summed E-state index contributed by atoms with van der Waals surface area (Å²) in [5.41, 5.74) is 0.750. The molecule has 2 amide bonds. The summed E-state index contributed by atoms with van der Waals surface area (Å²) in [6, 6.07) is 9.43. The summed E-state index contributed by atoms with van der Waals surface area (Å²) in [5, 5.41) is 3.26. The summed E-state index contributed by atoms with van der Waals surface area (Å²) >= 11 is 0. The third-order valence-electron chi connectivity index (χ3n) is 4.79. The van der Waals surface area contributed by atoms with E-state index >= 15 is 0 Å². The van der Waals surface area contributed by atoms with Gasteiger partial charge in [-0.25, -0.2) is 0 Å². The Balaban J connectivity index is 0.00000225. The minimum Gasteiger partial charge on any atom is -0.340 e. The van der Waals surface area contributed by atoms with Crippen LogP contribution in [-0.4, -0.2) is 85.4 Å². The monoisotopic (exact) mass is 366 g/mol. The van der Waals surface area contributed by atoms with E-state index in [0.29, 0.717) is 6.42 Å². The molecule has 0 atom stereocenters. The van der Waals surface area contributed by atoms with Crippen molar-refractivity contribution in [1.82, 2.24) is 20.0 Å². The first kappa shape index (κ1) is 19.7. The predicted molar refractivity (Wildman–Crippen MR) is 100 cm³/mol. The van der Waals surface area contributed by atoms with Crippen LogP contribution in [0.2, 0.25) is 0 Å². The van der Waals surface area contributed by atoms with Gasteiger partial charge < -0.3 is 15.1 Å². The lowest BCUT2D eigenvalue weighted by Crippen LogP contribution is -2.50. The Morgan fingerprint density at radius 1 is 0.880 bits per heavy atom. The lowest BCUT2D eigenvalue weighted by molar-refractivity contribution is -0.132. The van der Waals surface area contributed by atoms with E-state index in [-0.39, 0.29) is 24.2 Å². The van der Waals surface area contributed by atoms with Crippen molar-refractivity contribution in [3.05, 3.63) is 35.9 Å². The van der Waals surface area contributed by atoms with Crippen LogP contribution in [0.1, 0.15) is 16.8 Å². The molecule has 2 saturated heterocycles. The Bertz CT molecular complexity index is 555. The number of piperazine rings is 2. The van der Waals surface area contributed by atoms with Gasteiger partial charge in [-0.1, -0.05) is 18.2 Å². The van der Waals surface area contributed by atoms with Gasteiger partial charge in [0.2, 0.25) is 5.91 Å². The Hall–Kier alpha value is -1.63. The normalized spacial score (nSPS) is 18.6. The molecule has 1 aromatic carbocycles. The van der Waals surface area contributed by atoms with Crippen LogP contribution in [0, 0.1) is 0 Å². The lowest BCUT2D eigenvalue weighted by atomic mass is 10.2. The van der Waals surface area contributed by atoms with E-state index in [9.17, 15) is 9.59 Å². The van der Waals surface area contributed by atoms with Gasteiger partial charge in [-0.3, -0.25) is 14.5 Å². The van der Waals surface area contributed by atoms with E-state index in [1.165, 1.54) is 0 Å². The number of carbonyl (C=O) groups is 2. The highest BCUT2D eigenvalue weighted by atomic mass is 35.5. The van der Waals surface area contributed by atoms with Gasteiger partial charge in [-0.05, 0) is 12.1 Å². The van der Waals surface area contributed by atoms with E-state index in [2.05, 4.69) is 10.2 Å². The van der Waals surface area contributed by atoms with Gasteiger partial charge in [0.1, 0.15) is 0 Å². The first-order chi connectivity index (χ1) is 11.7. The standard InChI is InChI=1S/C18H26N4O2.ClH/c23-17(21-10-7-19-8-11-21)6-9-20-12-14-22(15-13-20)18(24)16-4-2-1-3-5-16;/h1-5,19H,6-15H2;1H. The fourth-order valence-electron chi connectivity index (χ4n) is 3.26. The fraction of sp³-hybridized carbons (Fsp3) is 0.556. The summed E-state index contributed by atoms with van der Waals surface area (Å²) in [7, 11) is 0. The molecule has 1 N–H and O–H groups in total. The van der Waals surface area contributed by atoms with Crippen molar-refractivity contribution in [2.75, 3.05) is 58.9 Å². The minimum absolute atomic E-state index is 0. The first-order valence-electron chi connectivity index (χ1n) is 8.79. The summed E-state index contributed by atoms with van der Waals surface area (Å²) in [4.78, 5) is 30.8. The first-order valence-corrected chi connectivity index (χ1v) is 8.79. The second-order valence-electron chi connectivity index (χ2n) is 6.38. The van der Waals surface area contributed by atoms with Crippen LogP contribution in [0.25, 0.3) is 0 Å². The van der Waals surface area contributed by atoms with E-state index in [1.807, 2.05) is 40.1 Å². The maximum absolute atomic E-state index is 12.4. The topological polar surface area (TPSA) is 55.9 Å². The highest BCUT2D eigenvalue weighted by Crippen LogP contribution is 2.09. The van der Waals surface area contributed by atoms with Crippen molar-refractivity contribution < 1.29 is 9.59 Å². The molecule has 0 saturated carbocycles. The molecule has 7 heteroatoms. The van der Waals surface area contributed by atoms with Gasteiger partial charge in [0.05, 0.1) is 0 Å². The number of benzene rings is 1. The van der Waals surface area contributed by atoms with Crippen LogP contribution >= 0.6 is 12.4 Å². The second kappa shape index (κ2) is 9.75. The fourth-order valence-corrected chi connectivity index (χ4v) is 3.26. The molecular formula is C18H27ClN4O2. The van der Waals surface area contributed by atoms with Crippen LogP contribution < -0.4 is 5.32 Å². The quantitative estimate of drug-likeness (QED) is 0.851. The van der Waals surface area contributed by atoms with Crippen LogP contribution in [0.15, 0.2) is 30.3 Å². The Morgan fingerprint density at radius 3 is 2.16 bits per heavy atom. The number of hydrogen-bond donors (Lipinski definition) is 1. The van der Waals surface area contributed by atoms with Crippen molar-refractivity contribution >= 4 is 24.2 Å². The molecule has 2 aliphatic heterocycles. The van der Waals surface area contributed by atoms with Crippen molar-refractivity contribution in [2.45, 2.75) is 6.42 Å². The molecule has 25 heavy (non-hydrogen) atoms. The molecule has 2 aliphatic rings. The zero-order valence-corrected chi connectivity index (χ0v) is 15.3. The Kier molecular flexibility index (Phi) is 7.68. The van der Waals surface area contributed by atoms with E-state index in [0.717, 1.165) is 64.5 Å². The van der Waals surface area contributed by atoms with Crippen molar-refractivity contribution in [2.24, 2.45) is 0 Å². The number of rotatable bonds is 4. The number of carbonyl (C=O) groups excluding carboxylic acids is 2. The summed E-state index contributed by atoms with van der Waals surface area (Å²) in [6.45, 7) is 7.36. The molecule has 1 aromatic rings. The van der Waals surface area contributed by atoms with E-state index < -0.39 is 0 Å². The SMILES string of the molecule is Cl.O=C(CCN1CCN(C(=O)c2ccccc2)CC1)N1CCNCC1. The molecule has 0 unspecified atom stereocenters. The van der Waals surface area contributed by atoms with Crippen LogP contribution in [0.4, 0.5) is 0 Å². The van der Waals surface area contributed by atoms with Crippen molar-refractivity contribution in [1.29, 1.82) is 0 Å². The number of nitrogens with zero attached hydrogens (tertiary/aromatic N) is 3. The smallest absolute Gasteiger partial charge is 0.253 e. The van der Waals surface area contributed by atoms with Gasteiger partial charge in [0.25, 0.3) is 5.91 Å². The number of nitrogens with one attached hydrogen (secondary N) is 1. The maximum atomic E-state index is 12.4. The summed E-state index contributed by atoms with van der Waals surface area (Å²) in [5.74, 6) is 0.353. The van der Waals surface area contributed by atoms with Gasteiger partial charge in [0, 0.05) is 70.9 Å². The molecule has 0 bridgehead atoms. The van der Waals surface area contributed by atoms with Gasteiger partial charge >= 0.3 is 0 Å². The highest BCUT2D eigenvalue weighted by Gasteiger charge is 2.23. The second-order valence-corrected chi connectivity index (χ2v) is 6.38. The molecule has 0 aromatic heterocycles. The van der Waals surface area contributed by atoms with Crippen LogP contribution in [-0.2, 0) is 4.79 Å². The summed E-state index contributed by atoms with van der Waals surface area (Å²) < 4.78 is 0. The van der Waals surface area contributed by atoms with Gasteiger partial charge in [-0.15, -0.1) is 12.4 Å². The lowest BCUT2D eigenvalue weighted by Gasteiger charge is -2.35. The summed E-state index contributed by atoms with van der Waals surface area (Å²) in [6.07, 6.45) is 0.576. The molecule has 2 heterocycles. The third-order valence-corrected chi connectivity index (χ3v) is 4.79. The van der Waals surface area contributed by atoms with Crippen molar-refractivity contribution in [3.63, 3.8) is 0 Å². The number of amides is 2. The Morgan fingerprint density at radius 2 is 1.52 bits per heavy atom. The highest BCUT2D eigenvalue weighted by molar-refractivity contribution is 5.94. The zero-order chi connectivity index (χ0) is 16.8. The number of hydrogen-bond acceptors (Lipinski definition) is 4. The molecule has 0 radical (unpaired) electrons. The minimum atomic E-state index is 0. The number of halogens is 1. The average Bonchev–Trinajstić information content (AvgIpc) is 2.67. The molecule has 0 spiro atoms. The molecular weight excluding hydrogens is 340 g/mol. The predicted octanol–water partition coefficient (Wildman–Crippen LogP) is 0.688. The van der Waals surface area contributed by atoms with Crippen molar-refractivity contribution in [3.8, 4) is 0 Å².